The molecule has 1 atom stereocenters. The van der Waals surface area contributed by atoms with Gasteiger partial charge in [0.2, 0.25) is 0 Å². The van der Waals surface area contributed by atoms with Gasteiger partial charge in [0.05, 0.1) is 16.8 Å². The Labute approximate surface area is 168 Å². The van der Waals surface area contributed by atoms with Gasteiger partial charge in [-0.05, 0) is 67.1 Å². The molecule has 142 valence electrons. The highest BCUT2D eigenvalue weighted by Crippen LogP contribution is 2.23. The topological polar surface area (TPSA) is 52.6 Å². The lowest BCUT2D eigenvalue weighted by molar-refractivity contribution is 0.0636. The Kier molecular flexibility index (Phi) is 6.29. The summed E-state index contributed by atoms with van der Waals surface area (Å²) >= 11 is 3.40. The van der Waals surface area contributed by atoms with Crippen LogP contribution in [0.5, 0.6) is 0 Å². The standard InChI is InChI=1S/C21H24BrN3O2/c1-24(2)15-8-7-13-25(14-15)21(27)17-10-4-6-12-19(17)23-20(26)16-9-3-5-11-18(16)22/h3-6,9-12,15H,7-8,13-14H2,1-2H3,(H,23,26). The van der Waals surface area contributed by atoms with Crippen molar-refractivity contribution in [2.24, 2.45) is 0 Å². The van der Waals surface area contributed by atoms with Crippen molar-refractivity contribution in [1.29, 1.82) is 0 Å². The second-order valence-electron chi connectivity index (χ2n) is 6.99. The minimum Gasteiger partial charge on any atom is -0.337 e. The van der Waals surface area contributed by atoms with Crippen molar-refractivity contribution in [2.75, 3.05) is 32.5 Å². The molecule has 5 nitrogen and oxygen atoms in total. The van der Waals surface area contributed by atoms with E-state index in [9.17, 15) is 9.59 Å². The van der Waals surface area contributed by atoms with Crippen molar-refractivity contribution in [3.63, 3.8) is 0 Å². The van der Waals surface area contributed by atoms with E-state index >= 15 is 0 Å². The lowest BCUT2D eigenvalue weighted by Gasteiger charge is -2.36. The first-order valence-electron chi connectivity index (χ1n) is 9.08. The average Bonchev–Trinajstić information content (AvgIpc) is 2.68. The first-order valence-corrected chi connectivity index (χ1v) is 9.87. The summed E-state index contributed by atoms with van der Waals surface area (Å²) in [5.74, 6) is -0.280. The normalized spacial score (nSPS) is 17.0. The zero-order valence-corrected chi connectivity index (χ0v) is 17.2. The summed E-state index contributed by atoms with van der Waals surface area (Å²) in [6.07, 6.45) is 2.08. The highest BCUT2D eigenvalue weighted by Gasteiger charge is 2.27. The number of hydrogen-bond donors (Lipinski definition) is 1. The van der Waals surface area contributed by atoms with Crippen LogP contribution in [0.2, 0.25) is 0 Å². The molecular weight excluding hydrogens is 406 g/mol. The molecule has 0 bridgehead atoms. The third-order valence-electron chi connectivity index (χ3n) is 4.94. The highest BCUT2D eigenvalue weighted by atomic mass is 79.9. The number of anilines is 1. The summed E-state index contributed by atoms with van der Waals surface area (Å²) in [6.45, 7) is 1.45. The zero-order chi connectivity index (χ0) is 19.4. The minimum absolute atomic E-state index is 0.0374. The number of piperidine rings is 1. The molecule has 1 heterocycles. The first-order chi connectivity index (χ1) is 13.0. The number of halogens is 1. The van der Waals surface area contributed by atoms with E-state index in [1.54, 1.807) is 18.2 Å². The maximum atomic E-state index is 13.1. The molecule has 1 aliphatic rings. The van der Waals surface area contributed by atoms with Crippen LogP contribution in [0, 0.1) is 0 Å². The van der Waals surface area contributed by atoms with Crippen LogP contribution in [-0.4, -0.2) is 54.8 Å². The zero-order valence-electron chi connectivity index (χ0n) is 15.6. The molecule has 2 aromatic carbocycles. The molecule has 1 unspecified atom stereocenters. The predicted molar refractivity (Wildman–Crippen MR) is 111 cm³/mol. The molecule has 6 heteroatoms. The number of nitrogens with one attached hydrogen (secondary N) is 1. The molecule has 1 fully saturated rings. The van der Waals surface area contributed by atoms with E-state index in [4.69, 9.17) is 0 Å². The highest BCUT2D eigenvalue weighted by molar-refractivity contribution is 9.10. The van der Waals surface area contributed by atoms with Crippen LogP contribution in [0.15, 0.2) is 53.0 Å². The molecule has 2 amide bonds. The Balaban J connectivity index is 1.80. The number of likely N-dealkylation sites (tertiary alicyclic amines) is 1. The smallest absolute Gasteiger partial charge is 0.256 e. The van der Waals surface area contributed by atoms with Gasteiger partial charge in [-0.3, -0.25) is 9.59 Å². The number of hydrogen-bond acceptors (Lipinski definition) is 3. The summed E-state index contributed by atoms with van der Waals surface area (Å²) in [4.78, 5) is 29.8. The molecule has 2 aromatic rings. The van der Waals surface area contributed by atoms with Crippen LogP contribution in [0.3, 0.4) is 0 Å². The third-order valence-corrected chi connectivity index (χ3v) is 5.63. The van der Waals surface area contributed by atoms with Gasteiger partial charge >= 0.3 is 0 Å². The summed E-state index contributed by atoms with van der Waals surface area (Å²) < 4.78 is 0.719. The Morgan fingerprint density at radius 1 is 1.07 bits per heavy atom. The molecule has 0 spiro atoms. The summed E-state index contributed by atoms with van der Waals surface area (Å²) in [5, 5.41) is 2.89. The van der Waals surface area contributed by atoms with E-state index in [-0.39, 0.29) is 11.8 Å². The Hall–Kier alpha value is -2.18. The number of rotatable bonds is 4. The van der Waals surface area contributed by atoms with E-state index in [1.807, 2.05) is 49.3 Å². The molecule has 3 rings (SSSR count). The van der Waals surface area contributed by atoms with Crippen molar-refractivity contribution < 1.29 is 9.59 Å². The molecule has 0 radical (unpaired) electrons. The van der Waals surface area contributed by atoms with E-state index in [1.165, 1.54) is 0 Å². The fraction of sp³-hybridized carbons (Fsp3) is 0.333. The maximum Gasteiger partial charge on any atom is 0.256 e. The van der Waals surface area contributed by atoms with Gasteiger partial charge in [0.1, 0.15) is 0 Å². The molecule has 1 N–H and O–H groups in total. The van der Waals surface area contributed by atoms with E-state index < -0.39 is 0 Å². The second-order valence-corrected chi connectivity index (χ2v) is 7.84. The summed E-state index contributed by atoms with van der Waals surface area (Å²) in [5.41, 5.74) is 1.60. The molecule has 1 saturated heterocycles. The molecule has 1 aliphatic heterocycles. The van der Waals surface area contributed by atoms with Gasteiger partial charge in [0.15, 0.2) is 0 Å². The first kappa shape index (κ1) is 19.6. The minimum atomic E-state index is -0.243. The van der Waals surface area contributed by atoms with Crippen LogP contribution in [0.1, 0.15) is 33.6 Å². The Bertz CT molecular complexity index is 838. The molecule has 0 aliphatic carbocycles. The number of carbonyl (C=O) groups is 2. The molecule has 0 aromatic heterocycles. The van der Waals surface area contributed by atoms with Crippen molar-refractivity contribution in [3.8, 4) is 0 Å². The van der Waals surface area contributed by atoms with E-state index in [0.717, 1.165) is 23.9 Å². The molecule has 27 heavy (non-hydrogen) atoms. The monoisotopic (exact) mass is 429 g/mol. The van der Waals surface area contributed by atoms with Crippen LogP contribution in [0.25, 0.3) is 0 Å². The van der Waals surface area contributed by atoms with Crippen molar-refractivity contribution >= 4 is 33.4 Å². The lowest BCUT2D eigenvalue weighted by Crippen LogP contribution is -2.47. The largest absolute Gasteiger partial charge is 0.337 e. The van der Waals surface area contributed by atoms with Gasteiger partial charge < -0.3 is 15.1 Å². The van der Waals surface area contributed by atoms with Gasteiger partial charge in [0.25, 0.3) is 11.8 Å². The fourth-order valence-electron chi connectivity index (χ4n) is 3.34. The van der Waals surface area contributed by atoms with Crippen LogP contribution < -0.4 is 5.32 Å². The van der Waals surface area contributed by atoms with Crippen molar-refractivity contribution in [3.05, 3.63) is 64.1 Å². The van der Waals surface area contributed by atoms with Crippen molar-refractivity contribution in [2.45, 2.75) is 18.9 Å². The fourth-order valence-corrected chi connectivity index (χ4v) is 3.81. The van der Waals surface area contributed by atoms with E-state index in [2.05, 4.69) is 26.1 Å². The number of para-hydroxylation sites is 1. The second kappa shape index (κ2) is 8.67. The van der Waals surface area contributed by atoms with Gasteiger partial charge in [-0.25, -0.2) is 0 Å². The number of carbonyl (C=O) groups excluding carboxylic acids is 2. The van der Waals surface area contributed by atoms with Crippen LogP contribution in [0.4, 0.5) is 5.69 Å². The maximum absolute atomic E-state index is 13.1. The molecular formula is C21H24BrN3O2. The van der Waals surface area contributed by atoms with E-state index in [0.29, 0.717) is 29.4 Å². The number of benzene rings is 2. The number of likely N-dealkylation sites (N-methyl/N-ethyl adjacent to an activating group) is 1. The van der Waals surface area contributed by atoms with Gasteiger partial charge in [-0.15, -0.1) is 0 Å². The van der Waals surface area contributed by atoms with Gasteiger partial charge in [-0.1, -0.05) is 24.3 Å². The van der Waals surface area contributed by atoms with Gasteiger partial charge in [-0.2, -0.15) is 0 Å². The quantitative estimate of drug-likeness (QED) is 0.802. The average molecular weight is 430 g/mol. The third kappa shape index (κ3) is 4.57. The predicted octanol–water partition coefficient (Wildman–Crippen LogP) is 3.87. The SMILES string of the molecule is CN(C)C1CCCN(C(=O)c2ccccc2NC(=O)c2ccccc2Br)C1. The number of nitrogens with zero attached hydrogens (tertiary/aromatic N) is 2. The Morgan fingerprint density at radius 3 is 2.44 bits per heavy atom. The van der Waals surface area contributed by atoms with Crippen LogP contribution in [-0.2, 0) is 0 Å². The van der Waals surface area contributed by atoms with Crippen molar-refractivity contribution in [1.82, 2.24) is 9.80 Å². The van der Waals surface area contributed by atoms with Crippen LogP contribution >= 0.6 is 15.9 Å². The summed E-state index contributed by atoms with van der Waals surface area (Å²) in [7, 11) is 4.09. The summed E-state index contributed by atoms with van der Waals surface area (Å²) in [6, 6.07) is 14.8. The Morgan fingerprint density at radius 2 is 1.74 bits per heavy atom. The molecule has 0 saturated carbocycles. The number of amides is 2. The lowest BCUT2D eigenvalue weighted by atomic mass is 10.0. The van der Waals surface area contributed by atoms with Gasteiger partial charge in [0, 0.05) is 23.6 Å².